The highest BCUT2D eigenvalue weighted by molar-refractivity contribution is 5.67. The third-order valence-corrected chi connectivity index (χ3v) is 4.19. The minimum Gasteiger partial charge on any atom is -0.489 e. The van der Waals surface area contributed by atoms with Crippen LogP contribution in [0.15, 0.2) is 36.4 Å². The summed E-state index contributed by atoms with van der Waals surface area (Å²) in [4.78, 5) is 10.6. The number of fused-ring (bicyclic) bond motifs is 1. The number of aryl methyl sites for hydroxylation is 2. The maximum atomic E-state index is 14.0. The number of hydrogen-bond acceptors (Lipinski definition) is 3. The zero-order valence-electron chi connectivity index (χ0n) is 13.3. The molecule has 0 aromatic heterocycles. The van der Waals surface area contributed by atoms with Crippen molar-refractivity contribution >= 4 is 11.7 Å². The summed E-state index contributed by atoms with van der Waals surface area (Å²) in [5, 5.41) is 12.1. The molecule has 0 radical (unpaired) electrons. The van der Waals surface area contributed by atoms with Gasteiger partial charge in [0.05, 0.1) is 0 Å². The molecule has 1 aliphatic heterocycles. The summed E-state index contributed by atoms with van der Waals surface area (Å²) in [6, 6.07) is 10.7. The lowest BCUT2D eigenvalue weighted by atomic mass is 10.00. The molecule has 0 aliphatic carbocycles. The maximum absolute atomic E-state index is 14.0. The molecule has 2 aromatic carbocycles. The van der Waals surface area contributed by atoms with Crippen LogP contribution in [0.1, 0.15) is 29.5 Å². The number of carboxylic acids is 1. The molecule has 0 bridgehead atoms. The Kier molecular flexibility index (Phi) is 4.99. The van der Waals surface area contributed by atoms with Gasteiger partial charge in [0.15, 0.2) is 0 Å². The second-order valence-corrected chi connectivity index (χ2v) is 5.92. The summed E-state index contributed by atoms with van der Waals surface area (Å²) in [6.07, 6.45) is 2.28. The van der Waals surface area contributed by atoms with Gasteiger partial charge in [0.2, 0.25) is 0 Å². The Balaban J connectivity index is 1.67. The molecule has 0 saturated carbocycles. The van der Waals surface area contributed by atoms with E-state index in [1.165, 1.54) is 11.6 Å². The van der Waals surface area contributed by atoms with Crippen molar-refractivity contribution in [2.75, 3.05) is 11.9 Å². The number of hydrogen-bond donors (Lipinski definition) is 2. The van der Waals surface area contributed by atoms with Crippen LogP contribution in [0.25, 0.3) is 0 Å². The van der Waals surface area contributed by atoms with Crippen LogP contribution in [0.3, 0.4) is 0 Å². The number of para-hydroxylation sites is 1. The zero-order chi connectivity index (χ0) is 16.9. The topological polar surface area (TPSA) is 58.6 Å². The Morgan fingerprint density at radius 2 is 2.12 bits per heavy atom. The summed E-state index contributed by atoms with van der Waals surface area (Å²) < 4.78 is 19.7. The average molecular weight is 329 g/mol. The molecular weight excluding hydrogens is 309 g/mol. The molecular formula is C19H20FNO3. The molecule has 24 heavy (non-hydrogen) atoms. The van der Waals surface area contributed by atoms with Gasteiger partial charge in [-0.25, -0.2) is 4.39 Å². The maximum Gasteiger partial charge on any atom is 0.303 e. The van der Waals surface area contributed by atoms with Crippen molar-refractivity contribution in [3.8, 4) is 5.75 Å². The van der Waals surface area contributed by atoms with Crippen molar-refractivity contribution in [3.63, 3.8) is 0 Å². The van der Waals surface area contributed by atoms with E-state index in [0.717, 1.165) is 30.6 Å². The van der Waals surface area contributed by atoms with Crippen molar-refractivity contribution in [3.05, 3.63) is 58.9 Å². The van der Waals surface area contributed by atoms with Gasteiger partial charge in [-0.2, -0.15) is 0 Å². The molecule has 3 rings (SSSR count). The lowest BCUT2D eigenvalue weighted by molar-refractivity contribution is -0.136. The van der Waals surface area contributed by atoms with Gasteiger partial charge in [0.1, 0.15) is 18.2 Å². The van der Waals surface area contributed by atoms with E-state index in [0.29, 0.717) is 17.9 Å². The van der Waals surface area contributed by atoms with Crippen molar-refractivity contribution in [1.29, 1.82) is 0 Å². The number of rotatable bonds is 6. The third-order valence-electron chi connectivity index (χ3n) is 4.19. The minimum atomic E-state index is -0.934. The molecule has 126 valence electrons. The fraction of sp³-hybridized carbons (Fsp3) is 0.316. The quantitative estimate of drug-likeness (QED) is 0.847. The Morgan fingerprint density at radius 3 is 2.92 bits per heavy atom. The average Bonchev–Trinajstić information content (AvgIpc) is 2.59. The van der Waals surface area contributed by atoms with Gasteiger partial charge < -0.3 is 15.2 Å². The molecule has 0 spiro atoms. The number of benzene rings is 2. The number of aliphatic carboxylic acids is 1. The Morgan fingerprint density at radius 1 is 1.25 bits per heavy atom. The zero-order valence-corrected chi connectivity index (χ0v) is 13.3. The first-order valence-electron chi connectivity index (χ1n) is 8.11. The van der Waals surface area contributed by atoms with Gasteiger partial charge in [-0.05, 0) is 36.5 Å². The summed E-state index contributed by atoms with van der Waals surface area (Å²) in [5.74, 6) is -0.918. The minimum absolute atomic E-state index is 0.0844. The molecule has 2 aromatic rings. The number of nitrogens with one attached hydrogen (secondary N) is 1. The summed E-state index contributed by atoms with van der Waals surface area (Å²) >= 11 is 0. The van der Waals surface area contributed by atoms with Crippen LogP contribution in [0.5, 0.6) is 5.75 Å². The highest BCUT2D eigenvalue weighted by Crippen LogP contribution is 2.27. The Bertz CT molecular complexity index is 745. The van der Waals surface area contributed by atoms with Crippen LogP contribution < -0.4 is 10.1 Å². The molecule has 0 amide bonds. The van der Waals surface area contributed by atoms with Crippen LogP contribution in [0.2, 0.25) is 0 Å². The highest BCUT2D eigenvalue weighted by Gasteiger charge is 2.13. The predicted octanol–water partition coefficient (Wildman–Crippen LogP) is 3.78. The van der Waals surface area contributed by atoms with Gasteiger partial charge in [0.25, 0.3) is 0 Å². The number of ether oxygens (including phenoxy) is 1. The van der Waals surface area contributed by atoms with E-state index in [9.17, 15) is 9.18 Å². The van der Waals surface area contributed by atoms with E-state index in [1.54, 1.807) is 12.1 Å². The lowest BCUT2D eigenvalue weighted by Crippen LogP contribution is -2.14. The van der Waals surface area contributed by atoms with Crippen LogP contribution >= 0.6 is 0 Å². The van der Waals surface area contributed by atoms with Crippen molar-refractivity contribution in [2.45, 2.75) is 32.3 Å². The number of carboxylic acid groups (broad SMARTS) is 1. The summed E-state index contributed by atoms with van der Waals surface area (Å²) in [7, 11) is 0. The molecule has 1 aliphatic rings. The van der Waals surface area contributed by atoms with Gasteiger partial charge in [-0.1, -0.05) is 24.3 Å². The molecule has 0 atom stereocenters. The fourth-order valence-electron chi connectivity index (χ4n) is 2.92. The van der Waals surface area contributed by atoms with Gasteiger partial charge in [-0.3, -0.25) is 4.79 Å². The van der Waals surface area contributed by atoms with Gasteiger partial charge in [0, 0.05) is 30.3 Å². The molecule has 4 nitrogen and oxygen atoms in total. The number of anilines is 1. The van der Waals surface area contributed by atoms with E-state index in [4.69, 9.17) is 9.84 Å². The van der Waals surface area contributed by atoms with E-state index >= 15 is 0 Å². The first-order chi connectivity index (χ1) is 11.6. The van der Waals surface area contributed by atoms with E-state index < -0.39 is 11.8 Å². The second-order valence-electron chi connectivity index (χ2n) is 5.92. The molecule has 0 unspecified atom stereocenters. The van der Waals surface area contributed by atoms with Crippen molar-refractivity contribution in [2.24, 2.45) is 0 Å². The van der Waals surface area contributed by atoms with E-state index in [1.807, 2.05) is 12.1 Å². The number of carbonyl (C=O) groups is 1. The SMILES string of the molecule is O=C(O)CCc1ccc(OCc2cccc3c2NCCC3)cc1F. The molecule has 1 heterocycles. The normalized spacial score (nSPS) is 13.0. The predicted molar refractivity (Wildman–Crippen MR) is 89.9 cm³/mol. The largest absolute Gasteiger partial charge is 0.489 e. The van der Waals surface area contributed by atoms with Crippen molar-refractivity contribution < 1.29 is 19.0 Å². The first kappa shape index (κ1) is 16.3. The van der Waals surface area contributed by atoms with E-state index in [2.05, 4.69) is 11.4 Å². The standard InChI is InChI=1S/C19H20FNO3/c20-17-11-16(8-6-13(17)7-9-18(22)23)24-12-15-4-1-3-14-5-2-10-21-19(14)15/h1,3-4,6,8,11,21H,2,5,7,9-10,12H2,(H,22,23). The first-order valence-corrected chi connectivity index (χ1v) is 8.11. The monoisotopic (exact) mass is 329 g/mol. The van der Waals surface area contributed by atoms with E-state index in [-0.39, 0.29) is 12.8 Å². The Hall–Kier alpha value is -2.56. The third kappa shape index (κ3) is 3.85. The van der Waals surface area contributed by atoms with Gasteiger partial charge in [-0.15, -0.1) is 0 Å². The summed E-state index contributed by atoms with van der Waals surface area (Å²) in [6.45, 7) is 1.32. The molecule has 0 fully saturated rings. The second kappa shape index (κ2) is 7.34. The molecule has 0 saturated heterocycles. The molecule has 5 heteroatoms. The number of halogens is 1. The highest BCUT2D eigenvalue weighted by atomic mass is 19.1. The summed E-state index contributed by atoms with van der Waals surface area (Å²) in [5.41, 5.74) is 3.87. The van der Waals surface area contributed by atoms with Crippen molar-refractivity contribution in [1.82, 2.24) is 0 Å². The van der Waals surface area contributed by atoms with Crippen LogP contribution in [0, 0.1) is 5.82 Å². The van der Waals surface area contributed by atoms with Gasteiger partial charge >= 0.3 is 5.97 Å². The van der Waals surface area contributed by atoms with Crippen LogP contribution in [-0.2, 0) is 24.2 Å². The van der Waals surface area contributed by atoms with Crippen LogP contribution in [0.4, 0.5) is 10.1 Å². The van der Waals surface area contributed by atoms with Crippen LogP contribution in [-0.4, -0.2) is 17.6 Å². The lowest BCUT2D eigenvalue weighted by Gasteiger charge is -2.21. The Labute approximate surface area is 140 Å². The smallest absolute Gasteiger partial charge is 0.303 e. The molecule has 2 N–H and O–H groups in total. The fourth-order valence-corrected chi connectivity index (χ4v) is 2.92.